The molecular weight excluding hydrogens is 242 g/mol. The number of carbonyl (C=O) groups excluding carboxylic acids is 1. The molecule has 0 atom stereocenters. The van der Waals surface area contributed by atoms with Gasteiger partial charge in [0.15, 0.2) is 5.82 Å². The highest BCUT2D eigenvalue weighted by molar-refractivity contribution is 5.97. The summed E-state index contributed by atoms with van der Waals surface area (Å²) in [5.41, 5.74) is 7.40. The number of aromatic nitrogens is 2. The number of amides is 1. The van der Waals surface area contributed by atoms with Gasteiger partial charge in [-0.3, -0.25) is 9.89 Å². The van der Waals surface area contributed by atoms with Gasteiger partial charge >= 0.3 is 0 Å². The van der Waals surface area contributed by atoms with Gasteiger partial charge in [0.1, 0.15) is 0 Å². The molecule has 3 rings (SSSR count). The Bertz CT molecular complexity index is 600. The maximum absolute atomic E-state index is 12.1. The third-order valence-electron chi connectivity index (χ3n) is 3.57. The minimum Gasteiger partial charge on any atom is -0.382 e. The Morgan fingerprint density at radius 1 is 1.37 bits per heavy atom. The number of rotatable bonds is 2. The first-order chi connectivity index (χ1) is 9.24. The lowest BCUT2D eigenvalue weighted by atomic mass is 9.97. The summed E-state index contributed by atoms with van der Waals surface area (Å²) in [6.07, 6.45) is 1.78. The van der Waals surface area contributed by atoms with E-state index in [1.807, 2.05) is 18.2 Å². The van der Waals surface area contributed by atoms with Gasteiger partial charge in [0.05, 0.1) is 5.52 Å². The number of fused-ring (bicyclic) bond motifs is 1. The molecule has 19 heavy (non-hydrogen) atoms. The molecule has 0 bridgehead atoms. The average molecular weight is 259 g/mol. The highest BCUT2D eigenvalue weighted by atomic mass is 16.1. The molecule has 100 valence electrons. The predicted octanol–water partition coefficient (Wildman–Crippen LogP) is 1.08. The van der Waals surface area contributed by atoms with Crippen LogP contribution < -0.4 is 16.4 Å². The van der Waals surface area contributed by atoms with Crippen LogP contribution in [0.25, 0.3) is 10.9 Å². The van der Waals surface area contributed by atoms with Crippen LogP contribution in [0.4, 0.5) is 11.5 Å². The molecule has 2 aromatic rings. The number of anilines is 2. The van der Waals surface area contributed by atoms with E-state index in [-0.39, 0.29) is 11.8 Å². The van der Waals surface area contributed by atoms with Crippen molar-refractivity contribution in [1.29, 1.82) is 0 Å². The Labute approximate surface area is 110 Å². The SMILES string of the molecule is Nc1n[nH]c2ccc(NC(=O)C3CCNCC3)cc12. The van der Waals surface area contributed by atoms with Crippen molar-refractivity contribution in [3.05, 3.63) is 18.2 Å². The number of nitrogens with two attached hydrogens (primary N) is 1. The lowest BCUT2D eigenvalue weighted by Crippen LogP contribution is -2.34. The van der Waals surface area contributed by atoms with E-state index in [1.54, 1.807) is 0 Å². The molecule has 0 radical (unpaired) electrons. The Morgan fingerprint density at radius 3 is 2.95 bits per heavy atom. The number of nitrogens with zero attached hydrogens (tertiary/aromatic N) is 1. The first kappa shape index (κ1) is 12.0. The molecule has 2 heterocycles. The Balaban J connectivity index is 1.76. The van der Waals surface area contributed by atoms with Gasteiger partial charge in [-0.2, -0.15) is 5.10 Å². The molecule has 0 aliphatic carbocycles. The number of carbonyl (C=O) groups is 1. The van der Waals surface area contributed by atoms with E-state index in [9.17, 15) is 4.79 Å². The molecule has 6 heteroatoms. The number of aromatic amines is 1. The van der Waals surface area contributed by atoms with Crippen molar-refractivity contribution >= 4 is 28.3 Å². The van der Waals surface area contributed by atoms with Crippen molar-refractivity contribution < 1.29 is 4.79 Å². The van der Waals surface area contributed by atoms with Gasteiger partial charge < -0.3 is 16.4 Å². The van der Waals surface area contributed by atoms with E-state index in [2.05, 4.69) is 20.8 Å². The van der Waals surface area contributed by atoms with Crippen LogP contribution in [0.2, 0.25) is 0 Å². The van der Waals surface area contributed by atoms with Crippen LogP contribution in [-0.4, -0.2) is 29.2 Å². The quantitative estimate of drug-likeness (QED) is 0.649. The van der Waals surface area contributed by atoms with Crippen LogP contribution in [0.3, 0.4) is 0 Å². The van der Waals surface area contributed by atoms with Crippen LogP contribution in [0.15, 0.2) is 18.2 Å². The maximum Gasteiger partial charge on any atom is 0.227 e. The van der Waals surface area contributed by atoms with Gasteiger partial charge in [-0.1, -0.05) is 0 Å². The molecule has 0 spiro atoms. The van der Waals surface area contributed by atoms with Crippen molar-refractivity contribution in [2.24, 2.45) is 5.92 Å². The number of hydrogen-bond donors (Lipinski definition) is 4. The van der Waals surface area contributed by atoms with Gasteiger partial charge in [-0.15, -0.1) is 0 Å². The standard InChI is InChI=1S/C13H17N5O/c14-12-10-7-9(1-2-11(10)17-18-12)16-13(19)8-3-5-15-6-4-8/h1-2,7-8,15H,3-6H2,(H,16,19)(H3,14,17,18). The normalized spacial score (nSPS) is 16.6. The van der Waals surface area contributed by atoms with Crippen LogP contribution in [-0.2, 0) is 4.79 Å². The predicted molar refractivity (Wildman–Crippen MR) is 74.7 cm³/mol. The van der Waals surface area contributed by atoms with Gasteiger partial charge in [0.25, 0.3) is 0 Å². The minimum absolute atomic E-state index is 0.0860. The molecule has 1 saturated heterocycles. The molecule has 1 aliphatic rings. The van der Waals surface area contributed by atoms with Crippen LogP contribution in [0.5, 0.6) is 0 Å². The fourth-order valence-electron chi connectivity index (χ4n) is 2.44. The number of H-pyrrole nitrogens is 1. The molecule has 1 aromatic heterocycles. The van der Waals surface area contributed by atoms with Crippen LogP contribution in [0.1, 0.15) is 12.8 Å². The number of piperidine rings is 1. The van der Waals surface area contributed by atoms with Crippen LogP contribution >= 0.6 is 0 Å². The summed E-state index contributed by atoms with van der Waals surface area (Å²) >= 11 is 0. The second-order valence-corrected chi connectivity index (χ2v) is 4.88. The van der Waals surface area contributed by atoms with Crippen molar-refractivity contribution in [3.63, 3.8) is 0 Å². The fourth-order valence-corrected chi connectivity index (χ4v) is 2.44. The Kier molecular flexibility index (Phi) is 3.08. The molecule has 1 amide bonds. The zero-order chi connectivity index (χ0) is 13.2. The van der Waals surface area contributed by atoms with E-state index in [4.69, 9.17) is 5.73 Å². The van der Waals surface area contributed by atoms with Gasteiger partial charge in [0.2, 0.25) is 5.91 Å². The zero-order valence-electron chi connectivity index (χ0n) is 10.6. The first-order valence-corrected chi connectivity index (χ1v) is 6.49. The molecule has 5 N–H and O–H groups in total. The lowest BCUT2D eigenvalue weighted by Gasteiger charge is -2.21. The molecule has 1 fully saturated rings. The van der Waals surface area contributed by atoms with Crippen LogP contribution in [0, 0.1) is 5.92 Å². The van der Waals surface area contributed by atoms with Crippen molar-refractivity contribution in [1.82, 2.24) is 15.5 Å². The smallest absolute Gasteiger partial charge is 0.227 e. The zero-order valence-corrected chi connectivity index (χ0v) is 10.6. The number of benzene rings is 1. The third-order valence-corrected chi connectivity index (χ3v) is 3.57. The highest BCUT2D eigenvalue weighted by Gasteiger charge is 2.20. The van der Waals surface area contributed by atoms with E-state index in [0.717, 1.165) is 42.5 Å². The largest absolute Gasteiger partial charge is 0.382 e. The number of hydrogen-bond acceptors (Lipinski definition) is 4. The summed E-state index contributed by atoms with van der Waals surface area (Å²) in [6.45, 7) is 1.82. The van der Waals surface area contributed by atoms with Crippen molar-refractivity contribution in [2.45, 2.75) is 12.8 Å². The van der Waals surface area contributed by atoms with Gasteiger partial charge in [-0.05, 0) is 44.1 Å². The molecular formula is C13H17N5O. The third kappa shape index (κ3) is 2.39. The molecule has 1 aromatic carbocycles. The molecule has 1 aliphatic heterocycles. The summed E-state index contributed by atoms with van der Waals surface area (Å²) in [4.78, 5) is 12.1. The van der Waals surface area contributed by atoms with Gasteiger partial charge in [0, 0.05) is 17.0 Å². The summed E-state index contributed by atoms with van der Waals surface area (Å²) in [5, 5.41) is 13.8. The summed E-state index contributed by atoms with van der Waals surface area (Å²) in [7, 11) is 0. The lowest BCUT2D eigenvalue weighted by molar-refractivity contribution is -0.120. The van der Waals surface area contributed by atoms with E-state index in [0.29, 0.717) is 5.82 Å². The second-order valence-electron chi connectivity index (χ2n) is 4.88. The molecule has 0 saturated carbocycles. The van der Waals surface area contributed by atoms with Crippen molar-refractivity contribution in [3.8, 4) is 0 Å². The summed E-state index contributed by atoms with van der Waals surface area (Å²) in [6, 6.07) is 5.59. The van der Waals surface area contributed by atoms with Gasteiger partial charge in [-0.25, -0.2) is 0 Å². The summed E-state index contributed by atoms with van der Waals surface area (Å²) < 4.78 is 0. The average Bonchev–Trinajstić information content (AvgIpc) is 2.81. The number of nitrogen functional groups attached to an aromatic ring is 1. The molecule has 6 nitrogen and oxygen atoms in total. The maximum atomic E-state index is 12.1. The topological polar surface area (TPSA) is 95.8 Å². The fraction of sp³-hybridized carbons (Fsp3) is 0.385. The van der Waals surface area contributed by atoms with E-state index >= 15 is 0 Å². The minimum atomic E-state index is 0.0860. The second kappa shape index (κ2) is 4.89. The Morgan fingerprint density at radius 2 is 2.16 bits per heavy atom. The van der Waals surface area contributed by atoms with E-state index < -0.39 is 0 Å². The summed E-state index contributed by atoms with van der Waals surface area (Å²) in [5.74, 6) is 0.634. The highest BCUT2D eigenvalue weighted by Crippen LogP contribution is 2.23. The first-order valence-electron chi connectivity index (χ1n) is 6.49. The van der Waals surface area contributed by atoms with E-state index in [1.165, 1.54) is 0 Å². The van der Waals surface area contributed by atoms with Crippen molar-refractivity contribution in [2.75, 3.05) is 24.1 Å². The number of nitrogens with one attached hydrogen (secondary N) is 3. The Hall–Kier alpha value is -2.08. The molecule has 0 unspecified atom stereocenters. The monoisotopic (exact) mass is 259 g/mol.